The number of carbonyl (C=O) groups excluding carboxylic acids is 1. The summed E-state index contributed by atoms with van der Waals surface area (Å²) in [5, 5.41) is 0. The van der Waals surface area contributed by atoms with Gasteiger partial charge in [0.1, 0.15) is 0 Å². The summed E-state index contributed by atoms with van der Waals surface area (Å²) in [6.07, 6.45) is 3.87. The van der Waals surface area contributed by atoms with E-state index in [1.807, 2.05) is 31.2 Å². The van der Waals surface area contributed by atoms with Crippen LogP contribution in [0.5, 0.6) is 23.0 Å². The zero-order valence-electron chi connectivity index (χ0n) is 17.4. The molecule has 2 aliphatic heterocycles. The fourth-order valence-corrected chi connectivity index (χ4v) is 4.49. The molecular formula is C23H23NO5S2. The molecule has 0 spiro atoms. The molecule has 1 amide bonds. The number of benzene rings is 2. The Morgan fingerprint density at radius 1 is 1.10 bits per heavy atom. The largest absolute Gasteiger partial charge is 0.490 e. The first-order chi connectivity index (χ1) is 15.1. The zero-order valence-corrected chi connectivity index (χ0v) is 19.0. The molecule has 1 fully saturated rings. The lowest BCUT2D eigenvalue weighted by Gasteiger charge is -2.15. The van der Waals surface area contributed by atoms with E-state index in [9.17, 15) is 4.79 Å². The number of ether oxygens (including phenoxy) is 4. The number of carbonyl (C=O) groups is 1. The van der Waals surface area contributed by atoms with E-state index < -0.39 is 0 Å². The number of nitrogens with zero attached hydrogens (tertiary/aromatic N) is 1. The molecule has 0 bridgehead atoms. The third-order valence-electron chi connectivity index (χ3n) is 4.73. The standard InChI is InChI=1S/C23H23NO5S2/c1-3-5-10-27-17-8-6-15(11-19(17)26-4-2)12-21-22(25)24(23(30)31-21)16-7-9-18-20(13-16)29-14-28-18/h6-9,11-13H,3-5,10,14H2,1-2H3/b21-12-. The highest BCUT2D eigenvalue weighted by Crippen LogP contribution is 2.41. The van der Waals surface area contributed by atoms with Gasteiger partial charge in [0.2, 0.25) is 6.79 Å². The molecule has 2 aliphatic rings. The number of thioether (sulfide) groups is 1. The van der Waals surface area contributed by atoms with Crippen molar-refractivity contribution in [2.45, 2.75) is 26.7 Å². The zero-order chi connectivity index (χ0) is 21.8. The van der Waals surface area contributed by atoms with E-state index in [-0.39, 0.29) is 12.7 Å². The van der Waals surface area contributed by atoms with Gasteiger partial charge < -0.3 is 18.9 Å². The number of unbranched alkanes of at least 4 members (excludes halogenated alkanes) is 1. The minimum Gasteiger partial charge on any atom is -0.490 e. The maximum absolute atomic E-state index is 13.1. The summed E-state index contributed by atoms with van der Waals surface area (Å²) in [6.45, 7) is 5.40. The molecule has 0 N–H and O–H groups in total. The fourth-order valence-electron chi connectivity index (χ4n) is 3.19. The van der Waals surface area contributed by atoms with Gasteiger partial charge in [0, 0.05) is 6.07 Å². The summed E-state index contributed by atoms with van der Waals surface area (Å²) >= 11 is 6.75. The minimum absolute atomic E-state index is 0.171. The number of amides is 1. The highest BCUT2D eigenvalue weighted by Gasteiger charge is 2.34. The first-order valence-corrected chi connectivity index (χ1v) is 11.4. The predicted molar refractivity (Wildman–Crippen MR) is 126 cm³/mol. The van der Waals surface area contributed by atoms with Gasteiger partial charge in [-0.2, -0.15) is 0 Å². The molecule has 0 unspecified atom stereocenters. The molecule has 2 heterocycles. The number of hydrogen-bond acceptors (Lipinski definition) is 7. The third-order valence-corrected chi connectivity index (χ3v) is 6.03. The van der Waals surface area contributed by atoms with Crippen LogP contribution in [0.4, 0.5) is 5.69 Å². The molecule has 0 atom stereocenters. The summed E-state index contributed by atoms with van der Waals surface area (Å²) in [5.41, 5.74) is 1.50. The molecule has 6 nitrogen and oxygen atoms in total. The molecule has 2 aromatic carbocycles. The Morgan fingerprint density at radius 2 is 1.94 bits per heavy atom. The summed E-state index contributed by atoms with van der Waals surface area (Å²) in [4.78, 5) is 15.2. The first kappa shape index (κ1) is 21.5. The van der Waals surface area contributed by atoms with E-state index in [0.29, 0.717) is 51.1 Å². The molecular weight excluding hydrogens is 434 g/mol. The van der Waals surface area contributed by atoms with Crippen LogP contribution >= 0.6 is 24.0 Å². The molecule has 0 aromatic heterocycles. The van der Waals surface area contributed by atoms with Gasteiger partial charge >= 0.3 is 0 Å². The molecule has 0 radical (unpaired) electrons. The Balaban J connectivity index is 1.56. The van der Waals surface area contributed by atoms with Gasteiger partial charge in [-0.25, -0.2) is 0 Å². The van der Waals surface area contributed by atoms with Crippen LogP contribution < -0.4 is 23.8 Å². The van der Waals surface area contributed by atoms with Crippen molar-refractivity contribution in [3.63, 3.8) is 0 Å². The highest BCUT2D eigenvalue weighted by molar-refractivity contribution is 8.27. The topological polar surface area (TPSA) is 57.2 Å². The predicted octanol–water partition coefficient (Wildman–Crippen LogP) is 5.40. The van der Waals surface area contributed by atoms with Crippen molar-refractivity contribution in [3.8, 4) is 23.0 Å². The van der Waals surface area contributed by atoms with Crippen molar-refractivity contribution in [2.75, 3.05) is 24.9 Å². The Labute approximate surface area is 191 Å². The fraction of sp³-hybridized carbons (Fsp3) is 0.304. The Bertz CT molecular complexity index is 1040. The Hall–Kier alpha value is -2.71. The van der Waals surface area contributed by atoms with Crippen LogP contribution in [-0.4, -0.2) is 30.2 Å². The van der Waals surface area contributed by atoms with Crippen molar-refractivity contribution in [1.29, 1.82) is 0 Å². The number of thiocarbonyl (C=S) groups is 1. The highest BCUT2D eigenvalue weighted by atomic mass is 32.2. The number of hydrogen-bond donors (Lipinski definition) is 0. The van der Waals surface area contributed by atoms with Crippen molar-refractivity contribution < 1.29 is 23.7 Å². The van der Waals surface area contributed by atoms with Crippen LogP contribution in [-0.2, 0) is 4.79 Å². The molecule has 0 saturated carbocycles. The molecule has 2 aromatic rings. The van der Waals surface area contributed by atoms with E-state index in [1.54, 1.807) is 18.2 Å². The summed E-state index contributed by atoms with van der Waals surface area (Å²) in [6, 6.07) is 11.0. The van der Waals surface area contributed by atoms with Gasteiger partial charge in [-0.05, 0) is 49.2 Å². The van der Waals surface area contributed by atoms with Gasteiger partial charge in [0.05, 0.1) is 23.8 Å². The molecule has 31 heavy (non-hydrogen) atoms. The van der Waals surface area contributed by atoms with Crippen molar-refractivity contribution in [1.82, 2.24) is 0 Å². The lowest BCUT2D eigenvalue weighted by atomic mass is 10.1. The van der Waals surface area contributed by atoms with Crippen LogP contribution in [0, 0.1) is 0 Å². The molecule has 4 rings (SSSR count). The molecule has 162 valence electrons. The van der Waals surface area contributed by atoms with Crippen molar-refractivity contribution in [2.24, 2.45) is 0 Å². The SMILES string of the molecule is CCCCOc1ccc(/C=C2\SC(=S)N(c3ccc4c(c3)OCO4)C2=O)cc1OCC. The van der Waals surface area contributed by atoms with Crippen molar-refractivity contribution in [3.05, 3.63) is 46.9 Å². The van der Waals surface area contributed by atoms with Crippen LogP contribution in [0.25, 0.3) is 6.08 Å². The van der Waals surface area contributed by atoms with E-state index in [1.165, 1.54) is 16.7 Å². The first-order valence-electron chi connectivity index (χ1n) is 10.2. The van der Waals surface area contributed by atoms with Gasteiger partial charge in [-0.3, -0.25) is 9.69 Å². The minimum atomic E-state index is -0.171. The average Bonchev–Trinajstić information content (AvgIpc) is 3.33. The maximum Gasteiger partial charge on any atom is 0.270 e. The van der Waals surface area contributed by atoms with E-state index in [2.05, 4.69) is 6.92 Å². The second kappa shape index (κ2) is 9.62. The quantitative estimate of drug-likeness (QED) is 0.299. The van der Waals surface area contributed by atoms with Gasteiger partial charge in [-0.15, -0.1) is 0 Å². The number of rotatable bonds is 8. The molecule has 8 heteroatoms. The van der Waals surface area contributed by atoms with E-state index >= 15 is 0 Å². The second-order valence-electron chi connectivity index (χ2n) is 6.90. The Morgan fingerprint density at radius 3 is 2.74 bits per heavy atom. The van der Waals surface area contributed by atoms with Gasteiger partial charge in [0.25, 0.3) is 5.91 Å². The van der Waals surface area contributed by atoms with Crippen LogP contribution in [0.15, 0.2) is 41.3 Å². The lowest BCUT2D eigenvalue weighted by Crippen LogP contribution is -2.27. The third kappa shape index (κ3) is 4.65. The van der Waals surface area contributed by atoms with Crippen LogP contribution in [0.2, 0.25) is 0 Å². The normalized spacial score (nSPS) is 16.3. The van der Waals surface area contributed by atoms with Crippen molar-refractivity contribution >= 4 is 46.0 Å². The number of anilines is 1. The summed E-state index contributed by atoms with van der Waals surface area (Å²) < 4.78 is 22.8. The average molecular weight is 458 g/mol. The summed E-state index contributed by atoms with van der Waals surface area (Å²) in [7, 11) is 0. The molecule has 1 saturated heterocycles. The van der Waals surface area contributed by atoms with Gasteiger partial charge in [-0.1, -0.05) is 43.4 Å². The van der Waals surface area contributed by atoms with Gasteiger partial charge in [0.15, 0.2) is 27.3 Å². The van der Waals surface area contributed by atoms with E-state index in [0.717, 1.165) is 18.4 Å². The van der Waals surface area contributed by atoms with Crippen LogP contribution in [0.1, 0.15) is 32.3 Å². The lowest BCUT2D eigenvalue weighted by molar-refractivity contribution is -0.113. The smallest absolute Gasteiger partial charge is 0.270 e. The molecule has 0 aliphatic carbocycles. The second-order valence-corrected chi connectivity index (χ2v) is 8.57. The number of fused-ring (bicyclic) bond motifs is 1. The maximum atomic E-state index is 13.1. The van der Waals surface area contributed by atoms with Crippen LogP contribution in [0.3, 0.4) is 0 Å². The monoisotopic (exact) mass is 457 g/mol. The summed E-state index contributed by atoms with van der Waals surface area (Å²) in [5.74, 6) is 2.47. The Kier molecular flexibility index (Phi) is 6.67. The van der Waals surface area contributed by atoms with E-state index in [4.69, 9.17) is 31.2 Å².